The number of carbonyl (C=O) groups excluding carboxylic acids is 2. The van der Waals surface area contributed by atoms with Crippen molar-refractivity contribution >= 4 is 18.2 Å². The summed E-state index contributed by atoms with van der Waals surface area (Å²) in [5, 5.41) is 2.44. The molecule has 0 spiro atoms. The number of amides is 1. The van der Waals surface area contributed by atoms with Crippen molar-refractivity contribution < 1.29 is 14.3 Å². The maximum atomic E-state index is 11.4. The first-order valence-corrected chi connectivity index (χ1v) is 4.83. The van der Waals surface area contributed by atoms with Crippen LogP contribution >= 0.6 is 0 Å². The molecule has 0 unspecified atom stereocenters. The molecule has 0 bridgehead atoms. The van der Waals surface area contributed by atoms with Gasteiger partial charge in [0, 0.05) is 0 Å². The first-order valence-electron chi connectivity index (χ1n) is 4.83. The van der Waals surface area contributed by atoms with E-state index >= 15 is 0 Å². The minimum absolute atomic E-state index is 0.258. The van der Waals surface area contributed by atoms with Crippen LogP contribution in [-0.4, -0.2) is 23.0 Å². The second kappa shape index (κ2) is 4.74. The molecule has 0 aliphatic rings. The summed E-state index contributed by atoms with van der Waals surface area (Å²) >= 11 is 0. The summed E-state index contributed by atoms with van der Waals surface area (Å²) in [6.07, 6.45) is 0.0170. The lowest BCUT2D eigenvalue weighted by Gasteiger charge is -2.19. The maximum Gasteiger partial charge on any atom is 0.413 e. The van der Waals surface area contributed by atoms with Crippen molar-refractivity contribution in [1.29, 1.82) is 0 Å². The summed E-state index contributed by atoms with van der Waals surface area (Å²) in [6, 6.07) is 4.76. The molecule has 1 rings (SSSR count). The third-order valence-corrected chi connectivity index (χ3v) is 1.52. The maximum absolute atomic E-state index is 11.4. The Hall–Kier alpha value is -1.91. The standard InChI is InChI=1S/C11H14N2O3/c1-11(2,3)16-10(15)13-9-6-4-5-8(7-14)12-9/h4-7H,1-3H3,(H,12,13,15). The fourth-order valence-corrected chi connectivity index (χ4v) is 0.995. The Morgan fingerprint density at radius 2 is 2.12 bits per heavy atom. The molecule has 1 heterocycles. The Morgan fingerprint density at radius 1 is 1.44 bits per heavy atom. The molecule has 0 saturated carbocycles. The summed E-state index contributed by atoms with van der Waals surface area (Å²) in [5.74, 6) is 0.291. The third-order valence-electron chi connectivity index (χ3n) is 1.52. The summed E-state index contributed by atoms with van der Waals surface area (Å²) < 4.78 is 5.04. The van der Waals surface area contributed by atoms with Gasteiger partial charge in [-0.2, -0.15) is 0 Å². The molecule has 1 aromatic rings. The van der Waals surface area contributed by atoms with Crippen LogP contribution in [0.5, 0.6) is 0 Å². The van der Waals surface area contributed by atoms with Gasteiger partial charge in [0.1, 0.15) is 17.1 Å². The van der Waals surface area contributed by atoms with E-state index < -0.39 is 11.7 Å². The number of aldehydes is 1. The van der Waals surface area contributed by atoms with Gasteiger partial charge in [-0.3, -0.25) is 10.1 Å². The van der Waals surface area contributed by atoms with E-state index in [-0.39, 0.29) is 5.69 Å². The van der Waals surface area contributed by atoms with Crippen molar-refractivity contribution in [2.24, 2.45) is 0 Å². The third kappa shape index (κ3) is 4.08. The van der Waals surface area contributed by atoms with Crippen LogP contribution in [0.4, 0.5) is 10.6 Å². The van der Waals surface area contributed by atoms with E-state index in [9.17, 15) is 9.59 Å². The second-order valence-corrected chi connectivity index (χ2v) is 4.19. The molecule has 5 nitrogen and oxygen atoms in total. The molecular formula is C11H14N2O3. The number of hydrogen-bond donors (Lipinski definition) is 1. The minimum atomic E-state index is -0.594. The van der Waals surface area contributed by atoms with E-state index in [2.05, 4.69) is 10.3 Å². The van der Waals surface area contributed by atoms with Gasteiger partial charge in [-0.05, 0) is 32.9 Å². The lowest BCUT2D eigenvalue weighted by Crippen LogP contribution is -2.27. The van der Waals surface area contributed by atoms with E-state index in [0.29, 0.717) is 12.1 Å². The molecule has 86 valence electrons. The van der Waals surface area contributed by atoms with E-state index in [1.165, 1.54) is 0 Å². The Kier molecular flexibility index (Phi) is 3.60. The summed E-state index contributed by atoms with van der Waals surface area (Å²) in [4.78, 5) is 25.7. The largest absolute Gasteiger partial charge is 0.444 e. The van der Waals surface area contributed by atoms with Gasteiger partial charge in [0.05, 0.1) is 0 Å². The highest BCUT2D eigenvalue weighted by Crippen LogP contribution is 2.10. The Bertz CT molecular complexity index is 396. The van der Waals surface area contributed by atoms with Crippen LogP contribution in [0.2, 0.25) is 0 Å². The van der Waals surface area contributed by atoms with Gasteiger partial charge in [-0.1, -0.05) is 6.07 Å². The number of nitrogens with zero attached hydrogens (tertiary/aromatic N) is 1. The molecule has 0 aliphatic heterocycles. The summed E-state index contributed by atoms with van der Waals surface area (Å²) in [7, 11) is 0. The summed E-state index contributed by atoms with van der Waals surface area (Å²) in [6.45, 7) is 5.30. The highest BCUT2D eigenvalue weighted by atomic mass is 16.6. The van der Waals surface area contributed by atoms with E-state index in [0.717, 1.165) is 0 Å². The Labute approximate surface area is 93.8 Å². The number of rotatable bonds is 2. The highest BCUT2D eigenvalue weighted by Gasteiger charge is 2.16. The Balaban J connectivity index is 2.66. The van der Waals surface area contributed by atoms with E-state index in [1.807, 2.05) is 0 Å². The fraction of sp³-hybridized carbons (Fsp3) is 0.364. The topological polar surface area (TPSA) is 68.3 Å². The number of pyridine rings is 1. The van der Waals surface area contributed by atoms with E-state index in [4.69, 9.17) is 4.74 Å². The number of hydrogen-bond acceptors (Lipinski definition) is 4. The SMILES string of the molecule is CC(C)(C)OC(=O)Nc1cccc(C=O)n1. The lowest BCUT2D eigenvalue weighted by atomic mass is 10.2. The van der Waals surface area contributed by atoms with Crippen LogP contribution in [0.1, 0.15) is 31.3 Å². The normalized spacial score (nSPS) is 10.7. The zero-order valence-corrected chi connectivity index (χ0v) is 9.48. The van der Waals surface area contributed by atoms with Crippen LogP contribution in [-0.2, 0) is 4.74 Å². The zero-order chi connectivity index (χ0) is 12.2. The number of nitrogens with one attached hydrogen (secondary N) is 1. The predicted molar refractivity (Wildman–Crippen MR) is 59.5 cm³/mol. The van der Waals surface area contributed by atoms with Crippen LogP contribution < -0.4 is 5.32 Å². The van der Waals surface area contributed by atoms with Gasteiger partial charge in [0.2, 0.25) is 0 Å². The van der Waals surface area contributed by atoms with Crippen molar-refractivity contribution in [3.63, 3.8) is 0 Å². The lowest BCUT2D eigenvalue weighted by molar-refractivity contribution is 0.0635. The van der Waals surface area contributed by atoms with Crippen molar-refractivity contribution in [2.75, 3.05) is 5.32 Å². The monoisotopic (exact) mass is 222 g/mol. The molecule has 0 aromatic carbocycles. The van der Waals surface area contributed by atoms with Gasteiger partial charge in [0.15, 0.2) is 6.29 Å². The van der Waals surface area contributed by atoms with E-state index in [1.54, 1.807) is 39.0 Å². The van der Waals surface area contributed by atoms with Gasteiger partial charge in [0.25, 0.3) is 0 Å². The molecule has 0 saturated heterocycles. The van der Waals surface area contributed by atoms with Crippen molar-refractivity contribution in [3.05, 3.63) is 23.9 Å². The van der Waals surface area contributed by atoms with Crippen molar-refractivity contribution in [3.8, 4) is 0 Å². The van der Waals surface area contributed by atoms with Crippen LogP contribution in [0.15, 0.2) is 18.2 Å². The molecule has 16 heavy (non-hydrogen) atoms. The number of aromatic nitrogens is 1. The molecule has 1 N–H and O–H groups in total. The van der Waals surface area contributed by atoms with Crippen molar-refractivity contribution in [2.45, 2.75) is 26.4 Å². The Morgan fingerprint density at radius 3 is 2.69 bits per heavy atom. The van der Waals surface area contributed by atoms with Gasteiger partial charge in [-0.25, -0.2) is 9.78 Å². The highest BCUT2D eigenvalue weighted by molar-refractivity contribution is 5.84. The first-order chi connectivity index (χ1) is 7.40. The zero-order valence-electron chi connectivity index (χ0n) is 9.48. The van der Waals surface area contributed by atoms with Gasteiger partial charge >= 0.3 is 6.09 Å². The average molecular weight is 222 g/mol. The van der Waals surface area contributed by atoms with Crippen LogP contribution in [0.25, 0.3) is 0 Å². The van der Waals surface area contributed by atoms with Gasteiger partial charge < -0.3 is 4.74 Å². The minimum Gasteiger partial charge on any atom is -0.444 e. The predicted octanol–water partition coefficient (Wildman–Crippen LogP) is 2.24. The smallest absolute Gasteiger partial charge is 0.413 e. The molecular weight excluding hydrogens is 208 g/mol. The molecule has 0 atom stereocenters. The molecule has 1 aromatic heterocycles. The second-order valence-electron chi connectivity index (χ2n) is 4.19. The summed E-state index contributed by atoms with van der Waals surface area (Å²) in [5.41, 5.74) is -0.305. The quantitative estimate of drug-likeness (QED) is 0.779. The number of carbonyl (C=O) groups is 2. The number of anilines is 1. The molecule has 5 heteroatoms. The first kappa shape index (κ1) is 12.2. The van der Waals surface area contributed by atoms with Gasteiger partial charge in [-0.15, -0.1) is 0 Å². The molecule has 0 radical (unpaired) electrons. The molecule has 0 aliphatic carbocycles. The average Bonchev–Trinajstić information content (AvgIpc) is 2.15. The molecule has 1 amide bonds. The fourth-order valence-electron chi connectivity index (χ4n) is 0.995. The van der Waals surface area contributed by atoms with Crippen LogP contribution in [0, 0.1) is 0 Å². The van der Waals surface area contributed by atoms with Crippen LogP contribution in [0.3, 0.4) is 0 Å². The molecule has 0 fully saturated rings. The number of ether oxygens (including phenoxy) is 1. The van der Waals surface area contributed by atoms with Crippen molar-refractivity contribution in [1.82, 2.24) is 4.98 Å².